The fourth-order valence-corrected chi connectivity index (χ4v) is 1.36. The molecule has 0 saturated heterocycles. The lowest BCUT2D eigenvalue weighted by molar-refractivity contribution is 0.201. The molecule has 0 atom stereocenters. The van der Waals surface area contributed by atoms with Crippen LogP contribution in [-0.2, 0) is 0 Å². The van der Waals surface area contributed by atoms with Gasteiger partial charge in [0.25, 0.3) is 0 Å². The Balaban J connectivity index is 2.70. The zero-order chi connectivity index (χ0) is 11.3. The van der Waals surface area contributed by atoms with E-state index in [0.29, 0.717) is 12.6 Å². The Morgan fingerprint density at radius 2 is 2.13 bits per heavy atom. The predicted octanol–water partition coefficient (Wildman–Crippen LogP) is 2.19. The van der Waals surface area contributed by atoms with Gasteiger partial charge in [-0.3, -0.25) is 0 Å². The molecule has 0 aliphatic carbocycles. The Labute approximate surface area is 91.1 Å². The topological polar surface area (TPSA) is 41.5 Å². The molecule has 0 saturated carbocycles. The van der Waals surface area contributed by atoms with E-state index in [1.54, 1.807) is 0 Å². The zero-order valence-corrected chi connectivity index (χ0v) is 9.58. The van der Waals surface area contributed by atoms with Gasteiger partial charge in [-0.15, -0.1) is 0 Å². The summed E-state index contributed by atoms with van der Waals surface area (Å²) < 4.78 is 5.32. The molecule has 0 spiro atoms. The molecule has 84 valence electrons. The van der Waals surface area contributed by atoms with Gasteiger partial charge in [-0.05, 0) is 44.5 Å². The number of rotatable bonds is 5. The summed E-state index contributed by atoms with van der Waals surface area (Å²) in [6.07, 6.45) is 0. The fraction of sp³-hybridized carbons (Fsp3) is 0.500. The first-order valence-electron chi connectivity index (χ1n) is 5.24. The lowest BCUT2D eigenvalue weighted by atomic mass is 10.2. The molecule has 3 heteroatoms. The number of nitrogens with one attached hydrogen (secondary N) is 1. The standard InChI is InChI=1S/C12H19NO2/c1-9(2)13-12-5-4-11(8-10(12)3)15-7-6-14/h4-5,8-9,13-14H,6-7H2,1-3H3. The van der Waals surface area contributed by atoms with E-state index in [2.05, 4.69) is 19.2 Å². The highest BCUT2D eigenvalue weighted by Crippen LogP contribution is 2.21. The lowest BCUT2D eigenvalue weighted by Gasteiger charge is -2.14. The molecule has 0 fully saturated rings. The smallest absolute Gasteiger partial charge is 0.119 e. The number of aryl methyl sites for hydroxylation is 1. The maximum absolute atomic E-state index is 8.63. The van der Waals surface area contributed by atoms with Gasteiger partial charge in [0.2, 0.25) is 0 Å². The molecule has 1 rings (SSSR count). The van der Waals surface area contributed by atoms with E-state index in [1.165, 1.54) is 0 Å². The second-order valence-corrected chi connectivity index (χ2v) is 3.85. The molecule has 0 amide bonds. The number of aliphatic hydroxyl groups excluding tert-OH is 1. The van der Waals surface area contributed by atoms with E-state index in [0.717, 1.165) is 17.0 Å². The third kappa shape index (κ3) is 3.80. The molecule has 3 nitrogen and oxygen atoms in total. The molecular weight excluding hydrogens is 190 g/mol. The Hall–Kier alpha value is -1.22. The predicted molar refractivity (Wildman–Crippen MR) is 62.5 cm³/mol. The molecule has 0 bridgehead atoms. The van der Waals surface area contributed by atoms with Gasteiger partial charge < -0.3 is 15.2 Å². The molecule has 2 N–H and O–H groups in total. The molecule has 1 aromatic carbocycles. The van der Waals surface area contributed by atoms with Crippen LogP contribution in [0.15, 0.2) is 18.2 Å². The summed E-state index contributed by atoms with van der Waals surface area (Å²) in [5, 5.41) is 12.0. The first-order chi connectivity index (χ1) is 7.13. The molecule has 0 unspecified atom stereocenters. The van der Waals surface area contributed by atoms with Gasteiger partial charge in [0.1, 0.15) is 12.4 Å². The summed E-state index contributed by atoms with van der Waals surface area (Å²) in [6, 6.07) is 6.31. The third-order valence-corrected chi connectivity index (χ3v) is 2.00. The van der Waals surface area contributed by atoms with Crippen molar-refractivity contribution in [2.24, 2.45) is 0 Å². The summed E-state index contributed by atoms with van der Waals surface area (Å²) >= 11 is 0. The second kappa shape index (κ2) is 5.61. The molecule has 1 aromatic rings. The number of benzene rings is 1. The van der Waals surface area contributed by atoms with Crippen LogP contribution in [0.25, 0.3) is 0 Å². The van der Waals surface area contributed by atoms with Crippen LogP contribution >= 0.6 is 0 Å². The average Bonchev–Trinajstić information content (AvgIpc) is 2.18. The van der Waals surface area contributed by atoms with Crippen molar-refractivity contribution in [1.29, 1.82) is 0 Å². The van der Waals surface area contributed by atoms with Crippen molar-refractivity contribution in [3.05, 3.63) is 23.8 Å². The average molecular weight is 209 g/mol. The van der Waals surface area contributed by atoms with Gasteiger partial charge in [-0.25, -0.2) is 0 Å². The summed E-state index contributed by atoms with van der Waals surface area (Å²) in [5.41, 5.74) is 2.28. The normalized spacial score (nSPS) is 10.5. The summed E-state index contributed by atoms with van der Waals surface area (Å²) in [4.78, 5) is 0. The SMILES string of the molecule is Cc1cc(OCCO)ccc1NC(C)C. The highest BCUT2D eigenvalue weighted by atomic mass is 16.5. The molecule has 0 aliphatic heterocycles. The minimum atomic E-state index is 0.0467. The van der Waals surface area contributed by atoms with Crippen LogP contribution < -0.4 is 10.1 Å². The van der Waals surface area contributed by atoms with Gasteiger partial charge in [0.15, 0.2) is 0 Å². The third-order valence-electron chi connectivity index (χ3n) is 2.00. The number of aliphatic hydroxyl groups is 1. The van der Waals surface area contributed by atoms with E-state index >= 15 is 0 Å². The van der Waals surface area contributed by atoms with Gasteiger partial charge in [-0.1, -0.05) is 0 Å². The minimum absolute atomic E-state index is 0.0467. The maximum Gasteiger partial charge on any atom is 0.119 e. The van der Waals surface area contributed by atoms with Crippen LogP contribution in [0.2, 0.25) is 0 Å². The van der Waals surface area contributed by atoms with Crippen LogP contribution in [0.5, 0.6) is 5.75 Å². The van der Waals surface area contributed by atoms with Gasteiger partial charge >= 0.3 is 0 Å². The van der Waals surface area contributed by atoms with Gasteiger partial charge in [0.05, 0.1) is 6.61 Å². The summed E-state index contributed by atoms with van der Waals surface area (Å²) in [7, 11) is 0. The lowest BCUT2D eigenvalue weighted by Crippen LogP contribution is -2.10. The van der Waals surface area contributed by atoms with Crippen molar-refractivity contribution >= 4 is 5.69 Å². The maximum atomic E-state index is 8.63. The van der Waals surface area contributed by atoms with E-state index < -0.39 is 0 Å². The quantitative estimate of drug-likeness (QED) is 0.781. The van der Waals surface area contributed by atoms with Crippen LogP contribution in [0, 0.1) is 6.92 Å². The van der Waals surface area contributed by atoms with Crippen LogP contribution in [-0.4, -0.2) is 24.4 Å². The van der Waals surface area contributed by atoms with E-state index in [9.17, 15) is 0 Å². The van der Waals surface area contributed by atoms with Crippen molar-refractivity contribution < 1.29 is 9.84 Å². The highest BCUT2D eigenvalue weighted by Gasteiger charge is 2.01. The number of anilines is 1. The molecule has 0 aliphatic rings. The Morgan fingerprint density at radius 1 is 1.40 bits per heavy atom. The summed E-state index contributed by atoms with van der Waals surface area (Å²) in [5.74, 6) is 0.802. The molecule has 15 heavy (non-hydrogen) atoms. The van der Waals surface area contributed by atoms with E-state index in [1.807, 2.05) is 25.1 Å². The van der Waals surface area contributed by atoms with Gasteiger partial charge in [0, 0.05) is 11.7 Å². The van der Waals surface area contributed by atoms with E-state index in [4.69, 9.17) is 9.84 Å². The molecule has 0 radical (unpaired) electrons. The van der Waals surface area contributed by atoms with Crippen molar-refractivity contribution in [3.8, 4) is 5.75 Å². The van der Waals surface area contributed by atoms with Crippen molar-refractivity contribution in [3.63, 3.8) is 0 Å². The summed E-state index contributed by atoms with van der Waals surface area (Å²) in [6.45, 7) is 6.64. The Kier molecular flexibility index (Phi) is 4.43. The van der Waals surface area contributed by atoms with Crippen molar-refractivity contribution in [1.82, 2.24) is 0 Å². The van der Waals surface area contributed by atoms with Crippen LogP contribution in [0.4, 0.5) is 5.69 Å². The van der Waals surface area contributed by atoms with Crippen molar-refractivity contribution in [2.75, 3.05) is 18.5 Å². The molecular formula is C12H19NO2. The number of ether oxygens (including phenoxy) is 1. The van der Waals surface area contributed by atoms with Crippen LogP contribution in [0.3, 0.4) is 0 Å². The zero-order valence-electron chi connectivity index (χ0n) is 9.58. The highest BCUT2D eigenvalue weighted by molar-refractivity contribution is 5.53. The first-order valence-corrected chi connectivity index (χ1v) is 5.24. The van der Waals surface area contributed by atoms with Crippen LogP contribution in [0.1, 0.15) is 19.4 Å². The Bertz CT molecular complexity index is 310. The van der Waals surface area contributed by atoms with E-state index in [-0.39, 0.29) is 6.61 Å². The monoisotopic (exact) mass is 209 g/mol. The second-order valence-electron chi connectivity index (χ2n) is 3.85. The number of hydrogen-bond acceptors (Lipinski definition) is 3. The molecule has 0 aromatic heterocycles. The van der Waals surface area contributed by atoms with Crippen molar-refractivity contribution in [2.45, 2.75) is 26.8 Å². The minimum Gasteiger partial charge on any atom is -0.491 e. The first kappa shape index (κ1) is 11.9. The largest absolute Gasteiger partial charge is 0.491 e. The molecule has 0 heterocycles. The Morgan fingerprint density at radius 3 is 2.67 bits per heavy atom. The number of hydrogen-bond donors (Lipinski definition) is 2. The van der Waals surface area contributed by atoms with Gasteiger partial charge in [-0.2, -0.15) is 0 Å². The fourth-order valence-electron chi connectivity index (χ4n) is 1.36.